The Labute approximate surface area is 231 Å². The molecule has 0 aromatic carbocycles. The van der Waals surface area contributed by atoms with Gasteiger partial charge in [-0.1, -0.05) is 25.7 Å². The summed E-state index contributed by atoms with van der Waals surface area (Å²) in [6.07, 6.45) is 14.2. The zero-order valence-corrected chi connectivity index (χ0v) is 25.3. The van der Waals surface area contributed by atoms with E-state index in [1.54, 1.807) is 14.2 Å². The van der Waals surface area contributed by atoms with E-state index in [9.17, 15) is 4.79 Å². The fourth-order valence-electron chi connectivity index (χ4n) is 3.38. The van der Waals surface area contributed by atoms with Crippen LogP contribution in [-0.4, -0.2) is 71.0 Å². The predicted molar refractivity (Wildman–Crippen MR) is 138 cm³/mol. The van der Waals surface area contributed by atoms with Gasteiger partial charge < -0.3 is 27.1 Å². The van der Waals surface area contributed by atoms with Crippen molar-refractivity contribution in [2.45, 2.75) is 122 Å². The number of carbonyl (C=O) groups is 1. The average molecular weight is 482 g/mol. The number of aliphatic hydroxyl groups excluding tert-OH is 1. The van der Waals surface area contributed by atoms with Crippen molar-refractivity contribution in [2.75, 3.05) is 34.4 Å². The monoisotopic (exact) mass is 481 g/mol. The second-order valence-corrected chi connectivity index (χ2v) is 9.60. The zero-order valence-electron chi connectivity index (χ0n) is 24.3. The number of hydrogen-bond acceptors (Lipinski definition) is 6. The molecule has 0 unspecified atom stereocenters. The molecule has 6 nitrogen and oxygen atoms in total. The largest absolute Gasteiger partial charge is 1.00 e. The maximum absolute atomic E-state index is 10.5. The second kappa shape index (κ2) is 25.6. The van der Waals surface area contributed by atoms with Crippen molar-refractivity contribution in [1.82, 2.24) is 5.32 Å². The Hall–Kier alpha value is 0.535. The fourth-order valence-corrected chi connectivity index (χ4v) is 3.38. The van der Waals surface area contributed by atoms with Crippen molar-refractivity contribution in [3.05, 3.63) is 0 Å². The molecule has 33 heavy (non-hydrogen) atoms. The summed E-state index contributed by atoms with van der Waals surface area (Å²) < 4.78 is 10.5. The minimum atomic E-state index is -0.0330. The quantitative estimate of drug-likeness (QED) is 0.454. The number of nitrogens with two attached hydrogens (primary N) is 1. The summed E-state index contributed by atoms with van der Waals surface area (Å²) in [6, 6.07) is 0.774. The molecule has 0 amide bonds. The Morgan fingerprint density at radius 2 is 1.33 bits per heavy atom. The Kier molecular flexibility index (Phi) is 31.6. The van der Waals surface area contributed by atoms with E-state index in [1.165, 1.54) is 38.5 Å². The first kappa shape index (κ1) is 40.7. The molecule has 0 heterocycles. The van der Waals surface area contributed by atoms with Crippen molar-refractivity contribution < 1.29 is 50.4 Å². The van der Waals surface area contributed by atoms with Crippen LogP contribution in [0.3, 0.4) is 0 Å². The molecule has 193 valence electrons. The number of rotatable bonds is 8. The van der Waals surface area contributed by atoms with Gasteiger partial charge in [0.2, 0.25) is 0 Å². The minimum Gasteiger partial charge on any atom is -1.00 e. The number of nitrogens with one attached hydrogen (secondary N) is 1. The third kappa shape index (κ3) is 27.0. The number of carbonyl (C=O) groups excluding carboxylic acids is 1. The third-order valence-corrected chi connectivity index (χ3v) is 6.03. The van der Waals surface area contributed by atoms with Crippen LogP contribution in [0.1, 0.15) is 106 Å². The third-order valence-electron chi connectivity index (χ3n) is 6.03. The number of ether oxygens (including phenoxy) is 2. The molecule has 2 aliphatic rings. The van der Waals surface area contributed by atoms with Gasteiger partial charge in [-0.25, -0.2) is 0 Å². The summed E-state index contributed by atoms with van der Waals surface area (Å²) in [5, 5.41) is 10.6. The van der Waals surface area contributed by atoms with Crippen LogP contribution in [0.15, 0.2) is 0 Å². The van der Waals surface area contributed by atoms with Gasteiger partial charge in [-0.05, 0) is 79.3 Å². The molecule has 0 saturated heterocycles. The molecule has 0 aromatic heterocycles. The summed E-state index contributed by atoms with van der Waals surface area (Å²) in [5.41, 5.74) is 5.31. The van der Waals surface area contributed by atoms with Gasteiger partial charge in [-0.15, -0.1) is 0 Å². The number of Topliss-reactive ketones (excluding diaryl/α,β-unsaturated/α-hetero) is 1. The van der Waals surface area contributed by atoms with Crippen molar-refractivity contribution in [3.63, 3.8) is 0 Å². The van der Waals surface area contributed by atoms with Gasteiger partial charge in [0.1, 0.15) is 5.78 Å². The molecule has 2 rings (SSSR count). The number of ketones is 1. The van der Waals surface area contributed by atoms with Crippen LogP contribution in [0.25, 0.3) is 0 Å². The summed E-state index contributed by atoms with van der Waals surface area (Å²) in [5.74, 6) is 0.464. The minimum absolute atomic E-state index is 0. The number of aliphatic hydroxyl groups is 1. The summed E-state index contributed by atoms with van der Waals surface area (Å²) >= 11 is 0. The maximum atomic E-state index is 10.5. The fraction of sp³-hybridized carbons (Fsp3) is 0.960. The smallest absolute Gasteiger partial charge is 1.00 e. The van der Waals surface area contributed by atoms with Crippen LogP contribution < -0.4 is 40.6 Å². The molecule has 0 spiro atoms. The van der Waals surface area contributed by atoms with Crippen LogP contribution >= 0.6 is 0 Å². The standard InChI is InChI=1S/C12H25NO.C6H15NO.C6H10O.CH4O.B.Na.H/c1-12(2,14-3)9-10-13-11-7-5-4-6-8-11;1-6(2,8-3)4-5-7;7-6-4-2-1-3-5-6;1-2;;;/h11,13H,4-10H2,1-3H3;4-5,7H2,1-3H3;1-5H2;2H,1H3;;;/q;;;;;+1;-1. The topological polar surface area (TPSA) is 93.8 Å². The van der Waals surface area contributed by atoms with Crippen LogP contribution in [0.2, 0.25) is 0 Å². The van der Waals surface area contributed by atoms with E-state index in [0.29, 0.717) is 12.3 Å². The van der Waals surface area contributed by atoms with E-state index in [4.69, 9.17) is 20.3 Å². The van der Waals surface area contributed by atoms with Gasteiger partial charge >= 0.3 is 29.6 Å². The summed E-state index contributed by atoms with van der Waals surface area (Å²) in [4.78, 5) is 10.5. The number of methoxy groups -OCH3 is 2. The van der Waals surface area contributed by atoms with E-state index >= 15 is 0 Å². The van der Waals surface area contributed by atoms with Gasteiger partial charge in [0, 0.05) is 48.6 Å². The van der Waals surface area contributed by atoms with Crippen LogP contribution in [0.5, 0.6) is 0 Å². The molecule has 0 bridgehead atoms. The molecule has 4 N–H and O–H groups in total. The Balaban J connectivity index is -0.000000122. The van der Waals surface area contributed by atoms with Crippen molar-refractivity contribution in [2.24, 2.45) is 5.73 Å². The van der Waals surface area contributed by atoms with Crippen LogP contribution in [0.4, 0.5) is 0 Å². The van der Waals surface area contributed by atoms with E-state index in [-0.39, 0.29) is 50.6 Å². The molecule has 2 aliphatic carbocycles. The van der Waals surface area contributed by atoms with Crippen molar-refractivity contribution in [1.29, 1.82) is 0 Å². The van der Waals surface area contributed by atoms with Gasteiger partial charge in [-0.2, -0.15) is 0 Å². The summed E-state index contributed by atoms with van der Waals surface area (Å²) in [7, 11) is 4.50. The maximum Gasteiger partial charge on any atom is 1.00 e. The first-order chi connectivity index (χ1) is 14.7. The molecule has 0 aromatic rings. The molecular formula is C25H55BN2NaO4. The SMILES string of the molecule is CO.COC(C)(C)CCN.COC(C)(C)CCNC1CCCCC1.O=C1CCCCC1.[B].[H-].[Na+]. The summed E-state index contributed by atoms with van der Waals surface area (Å²) in [6.45, 7) is 10.1. The molecular weight excluding hydrogens is 426 g/mol. The van der Waals surface area contributed by atoms with Crippen LogP contribution in [0, 0.1) is 0 Å². The molecule has 2 fully saturated rings. The first-order valence-electron chi connectivity index (χ1n) is 12.2. The van der Waals surface area contributed by atoms with Gasteiger partial charge in [0.15, 0.2) is 0 Å². The Morgan fingerprint density at radius 1 is 0.909 bits per heavy atom. The molecule has 0 aliphatic heterocycles. The normalized spacial score (nSPS) is 16.3. The number of hydrogen-bond donors (Lipinski definition) is 3. The van der Waals surface area contributed by atoms with Gasteiger partial charge in [0.25, 0.3) is 0 Å². The second-order valence-electron chi connectivity index (χ2n) is 9.60. The molecule has 0 atom stereocenters. The van der Waals surface area contributed by atoms with E-state index in [2.05, 4.69) is 19.2 Å². The Morgan fingerprint density at radius 3 is 1.67 bits per heavy atom. The van der Waals surface area contributed by atoms with Crippen LogP contribution in [-0.2, 0) is 14.3 Å². The van der Waals surface area contributed by atoms with Crippen molar-refractivity contribution in [3.8, 4) is 0 Å². The van der Waals surface area contributed by atoms with Gasteiger partial charge in [-0.3, -0.25) is 4.79 Å². The molecule has 3 radical (unpaired) electrons. The van der Waals surface area contributed by atoms with Crippen molar-refractivity contribution >= 4 is 14.2 Å². The van der Waals surface area contributed by atoms with Gasteiger partial charge in [0.05, 0.1) is 11.2 Å². The molecule has 8 heteroatoms. The molecule has 2 saturated carbocycles. The zero-order chi connectivity index (χ0) is 24.2. The first-order valence-corrected chi connectivity index (χ1v) is 12.2. The van der Waals surface area contributed by atoms with E-state index in [1.807, 2.05) is 13.8 Å². The van der Waals surface area contributed by atoms with E-state index in [0.717, 1.165) is 58.2 Å². The predicted octanol–water partition coefficient (Wildman–Crippen LogP) is 1.35. The van der Waals surface area contributed by atoms with E-state index < -0.39 is 0 Å². The average Bonchev–Trinajstić information content (AvgIpc) is 2.77. The Bertz CT molecular complexity index is 420.